The minimum atomic E-state index is 0.400. The first-order valence-corrected chi connectivity index (χ1v) is 8.89. The molecule has 0 bridgehead atoms. The van der Waals surface area contributed by atoms with Gasteiger partial charge in [0.05, 0.1) is 0 Å². The first-order chi connectivity index (χ1) is 10.3. The van der Waals surface area contributed by atoms with E-state index < -0.39 is 0 Å². The molecule has 1 atom stereocenters. The van der Waals surface area contributed by atoms with Gasteiger partial charge in [0.25, 0.3) is 0 Å². The molecule has 3 rings (SSSR count). The van der Waals surface area contributed by atoms with Gasteiger partial charge in [-0.2, -0.15) is 0 Å². The number of fused-ring (bicyclic) bond motifs is 1. The zero-order valence-corrected chi connectivity index (χ0v) is 14.4. The Balaban J connectivity index is 1.74. The van der Waals surface area contributed by atoms with Crippen LogP contribution in [0.25, 0.3) is 10.1 Å². The average Bonchev–Trinajstić information content (AvgIpc) is 2.93. The van der Waals surface area contributed by atoms with E-state index in [1.807, 2.05) is 11.3 Å². The fourth-order valence-electron chi connectivity index (χ4n) is 2.60. The van der Waals surface area contributed by atoms with Crippen LogP contribution in [0.2, 0.25) is 0 Å². The van der Waals surface area contributed by atoms with E-state index in [-0.39, 0.29) is 0 Å². The summed E-state index contributed by atoms with van der Waals surface area (Å²) in [5.41, 5.74) is 2.74. The molecule has 108 valence electrons. The second kappa shape index (κ2) is 6.73. The van der Waals surface area contributed by atoms with Crippen molar-refractivity contribution in [2.24, 2.45) is 0 Å². The predicted octanol–water partition coefficient (Wildman–Crippen LogP) is 5.90. The lowest BCUT2D eigenvalue weighted by atomic mass is 10.0. The molecule has 2 aromatic carbocycles. The zero-order valence-electron chi connectivity index (χ0n) is 12.0. The largest absolute Gasteiger partial charge is 0.306 e. The number of rotatable bonds is 5. The summed E-state index contributed by atoms with van der Waals surface area (Å²) >= 11 is 5.32. The van der Waals surface area contributed by atoms with Crippen LogP contribution in [-0.2, 0) is 6.54 Å². The summed E-state index contributed by atoms with van der Waals surface area (Å²) < 4.78 is 2.50. The highest BCUT2D eigenvalue weighted by molar-refractivity contribution is 9.10. The molecule has 0 amide bonds. The van der Waals surface area contributed by atoms with Crippen molar-refractivity contribution in [3.05, 3.63) is 69.5 Å². The number of halogens is 1. The number of hydrogen-bond acceptors (Lipinski definition) is 2. The van der Waals surface area contributed by atoms with E-state index >= 15 is 0 Å². The van der Waals surface area contributed by atoms with Crippen molar-refractivity contribution in [3.8, 4) is 0 Å². The van der Waals surface area contributed by atoms with Crippen molar-refractivity contribution in [2.75, 3.05) is 0 Å². The maximum atomic E-state index is 3.69. The highest BCUT2D eigenvalue weighted by atomic mass is 79.9. The molecule has 1 aromatic heterocycles. The van der Waals surface area contributed by atoms with Crippen LogP contribution in [0.5, 0.6) is 0 Å². The van der Waals surface area contributed by atoms with Crippen LogP contribution in [0.1, 0.15) is 30.5 Å². The fraction of sp³-hybridized carbons (Fsp3) is 0.222. The van der Waals surface area contributed by atoms with Gasteiger partial charge in [-0.25, -0.2) is 0 Å². The van der Waals surface area contributed by atoms with Crippen molar-refractivity contribution >= 4 is 37.4 Å². The fourth-order valence-corrected chi connectivity index (χ4v) is 3.82. The quantitative estimate of drug-likeness (QED) is 0.597. The Morgan fingerprint density at radius 1 is 1.10 bits per heavy atom. The molecular formula is C18H18BrNS. The second-order valence-corrected chi connectivity index (χ2v) is 6.98. The first-order valence-electron chi connectivity index (χ1n) is 7.22. The van der Waals surface area contributed by atoms with Gasteiger partial charge in [0.2, 0.25) is 0 Å². The zero-order chi connectivity index (χ0) is 14.7. The smallest absolute Gasteiger partial charge is 0.0346 e. The summed E-state index contributed by atoms with van der Waals surface area (Å²) in [6.07, 6.45) is 1.09. The Kier molecular flexibility index (Phi) is 4.73. The van der Waals surface area contributed by atoms with E-state index in [4.69, 9.17) is 0 Å². The van der Waals surface area contributed by atoms with Crippen LogP contribution in [0, 0.1) is 0 Å². The Bertz CT molecular complexity index is 717. The molecule has 21 heavy (non-hydrogen) atoms. The van der Waals surface area contributed by atoms with Crippen molar-refractivity contribution < 1.29 is 0 Å². The summed E-state index contributed by atoms with van der Waals surface area (Å²) in [5.74, 6) is 0. The van der Waals surface area contributed by atoms with Crippen molar-refractivity contribution in [2.45, 2.75) is 25.9 Å². The van der Waals surface area contributed by atoms with Crippen molar-refractivity contribution in [1.29, 1.82) is 0 Å². The SMILES string of the molecule is CCC(NCc1csc2ccccc12)c1ccc(Br)cc1. The van der Waals surface area contributed by atoms with E-state index in [0.717, 1.165) is 17.4 Å². The van der Waals surface area contributed by atoms with Crippen LogP contribution < -0.4 is 5.32 Å². The van der Waals surface area contributed by atoms with Gasteiger partial charge in [0.15, 0.2) is 0 Å². The predicted molar refractivity (Wildman–Crippen MR) is 95.8 cm³/mol. The molecule has 0 saturated heterocycles. The lowest BCUT2D eigenvalue weighted by Crippen LogP contribution is -2.20. The van der Waals surface area contributed by atoms with Gasteiger partial charge in [-0.05, 0) is 46.5 Å². The highest BCUT2D eigenvalue weighted by Gasteiger charge is 2.10. The van der Waals surface area contributed by atoms with Gasteiger partial charge in [-0.3, -0.25) is 0 Å². The summed E-state index contributed by atoms with van der Waals surface area (Å²) in [6.45, 7) is 3.14. The minimum Gasteiger partial charge on any atom is -0.306 e. The molecule has 0 radical (unpaired) electrons. The van der Waals surface area contributed by atoms with Gasteiger partial charge >= 0.3 is 0 Å². The Labute approximate surface area is 138 Å². The van der Waals surface area contributed by atoms with Crippen molar-refractivity contribution in [3.63, 3.8) is 0 Å². The molecule has 0 spiro atoms. The molecule has 0 aliphatic rings. The van der Waals surface area contributed by atoms with E-state index in [9.17, 15) is 0 Å². The summed E-state index contributed by atoms with van der Waals surface area (Å²) in [6, 6.07) is 17.6. The molecular weight excluding hydrogens is 342 g/mol. The standard InChI is InChI=1S/C18H18BrNS/c1-2-17(13-7-9-15(19)10-8-13)20-11-14-12-21-18-6-4-3-5-16(14)18/h3-10,12,17,20H,2,11H2,1H3. The number of benzene rings is 2. The molecule has 1 heterocycles. The number of nitrogens with one attached hydrogen (secondary N) is 1. The lowest BCUT2D eigenvalue weighted by molar-refractivity contribution is 0.520. The molecule has 1 unspecified atom stereocenters. The van der Waals surface area contributed by atoms with Crippen LogP contribution in [-0.4, -0.2) is 0 Å². The van der Waals surface area contributed by atoms with Gasteiger partial charge in [0, 0.05) is 21.8 Å². The summed E-state index contributed by atoms with van der Waals surface area (Å²) in [4.78, 5) is 0. The Morgan fingerprint density at radius 2 is 1.86 bits per heavy atom. The maximum absolute atomic E-state index is 3.69. The van der Waals surface area contributed by atoms with Crippen LogP contribution in [0.3, 0.4) is 0 Å². The third-order valence-corrected chi connectivity index (χ3v) is 5.32. The molecule has 1 N–H and O–H groups in total. The van der Waals surface area contributed by atoms with Crippen LogP contribution in [0.4, 0.5) is 0 Å². The van der Waals surface area contributed by atoms with Crippen molar-refractivity contribution in [1.82, 2.24) is 5.32 Å². The lowest BCUT2D eigenvalue weighted by Gasteiger charge is -2.17. The Hall–Kier alpha value is -1.16. The summed E-state index contributed by atoms with van der Waals surface area (Å²) in [5, 5.41) is 7.34. The topological polar surface area (TPSA) is 12.0 Å². The van der Waals surface area contributed by atoms with Gasteiger partial charge in [0.1, 0.15) is 0 Å². The van der Waals surface area contributed by atoms with Gasteiger partial charge in [-0.1, -0.05) is 53.2 Å². The third-order valence-electron chi connectivity index (χ3n) is 3.78. The van der Waals surface area contributed by atoms with E-state index in [1.165, 1.54) is 21.2 Å². The van der Waals surface area contributed by atoms with E-state index in [2.05, 4.69) is 82.1 Å². The monoisotopic (exact) mass is 359 g/mol. The number of hydrogen-bond donors (Lipinski definition) is 1. The Morgan fingerprint density at radius 3 is 2.62 bits per heavy atom. The first kappa shape index (κ1) is 14.8. The summed E-state index contributed by atoms with van der Waals surface area (Å²) in [7, 11) is 0. The molecule has 1 nitrogen and oxygen atoms in total. The van der Waals surface area contributed by atoms with E-state index in [1.54, 1.807) is 0 Å². The molecule has 0 aliphatic carbocycles. The van der Waals surface area contributed by atoms with E-state index in [0.29, 0.717) is 6.04 Å². The third kappa shape index (κ3) is 3.37. The van der Waals surface area contributed by atoms with Crippen LogP contribution in [0.15, 0.2) is 58.4 Å². The molecule has 0 fully saturated rings. The minimum absolute atomic E-state index is 0.400. The average molecular weight is 360 g/mol. The molecule has 3 heteroatoms. The normalized spacial score (nSPS) is 12.7. The maximum Gasteiger partial charge on any atom is 0.0346 e. The van der Waals surface area contributed by atoms with Gasteiger partial charge in [-0.15, -0.1) is 11.3 Å². The number of thiophene rings is 1. The molecule has 0 saturated carbocycles. The molecule has 3 aromatic rings. The van der Waals surface area contributed by atoms with Gasteiger partial charge < -0.3 is 5.32 Å². The molecule has 0 aliphatic heterocycles. The second-order valence-electron chi connectivity index (χ2n) is 5.15. The highest BCUT2D eigenvalue weighted by Crippen LogP contribution is 2.26. The van der Waals surface area contributed by atoms with Crippen LogP contribution >= 0.6 is 27.3 Å².